The Kier molecular flexibility index (Phi) is 6.89. The summed E-state index contributed by atoms with van der Waals surface area (Å²) in [5.74, 6) is -0.939. The summed E-state index contributed by atoms with van der Waals surface area (Å²) in [6.45, 7) is 1.42. The Bertz CT molecular complexity index is 853. The highest BCUT2D eigenvalue weighted by Crippen LogP contribution is 2.29. The molecule has 0 aromatic heterocycles. The van der Waals surface area contributed by atoms with Crippen LogP contribution in [0, 0.1) is 10.1 Å². The molecule has 27 heavy (non-hydrogen) atoms. The number of halogens is 1. The van der Waals surface area contributed by atoms with Crippen molar-refractivity contribution in [2.24, 2.45) is 0 Å². The summed E-state index contributed by atoms with van der Waals surface area (Å²) in [7, 11) is 1.37. The van der Waals surface area contributed by atoms with Crippen LogP contribution in [0.3, 0.4) is 0 Å². The highest BCUT2D eigenvalue weighted by molar-refractivity contribution is 9.10. The van der Waals surface area contributed by atoms with Crippen molar-refractivity contribution in [1.29, 1.82) is 0 Å². The maximum Gasteiger partial charge on any atom is 0.311 e. The number of hydrogen-bond acceptors (Lipinski definition) is 6. The van der Waals surface area contributed by atoms with Gasteiger partial charge in [-0.2, -0.15) is 0 Å². The Morgan fingerprint density at radius 2 is 1.89 bits per heavy atom. The summed E-state index contributed by atoms with van der Waals surface area (Å²) in [5.41, 5.74) is 0.662. The molecular formula is C18H17BrN2O6. The predicted octanol–water partition coefficient (Wildman–Crippen LogP) is 3.48. The van der Waals surface area contributed by atoms with Gasteiger partial charge in [-0.15, -0.1) is 0 Å². The lowest BCUT2D eigenvalue weighted by Gasteiger charge is -2.15. The number of nitrogens with one attached hydrogen (secondary N) is 1. The Morgan fingerprint density at radius 1 is 1.22 bits per heavy atom. The number of esters is 1. The van der Waals surface area contributed by atoms with Gasteiger partial charge in [0.05, 0.1) is 24.1 Å². The summed E-state index contributed by atoms with van der Waals surface area (Å²) in [5, 5.41) is 13.4. The molecule has 0 saturated carbocycles. The molecule has 0 spiro atoms. The maximum atomic E-state index is 12.3. The summed E-state index contributed by atoms with van der Waals surface area (Å²) in [6.07, 6.45) is -1.07. The van der Waals surface area contributed by atoms with E-state index in [4.69, 9.17) is 9.47 Å². The minimum absolute atomic E-state index is 0.0189. The van der Waals surface area contributed by atoms with Crippen LogP contribution in [-0.2, 0) is 20.7 Å². The van der Waals surface area contributed by atoms with Crippen molar-refractivity contribution in [3.05, 3.63) is 62.6 Å². The fourth-order valence-corrected chi connectivity index (χ4v) is 2.47. The van der Waals surface area contributed by atoms with E-state index in [0.717, 1.165) is 10.0 Å². The number of rotatable bonds is 7. The number of non-ortho nitro benzene ring substituents is 1. The van der Waals surface area contributed by atoms with E-state index < -0.39 is 22.9 Å². The van der Waals surface area contributed by atoms with E-state index in [1.54, 1.807) is 24.3 Å². The van der Waals surface area contributed by atoms with Gasteiger partial charge in [-0.3, -0.25) is 19.7 Å². The molecule has 0 aliphatic rings. The molecule has 8 nitrogen and oxygen atoms in total. The van der Waals surface area contributed by atoms with Crippen molar-refractivity contribution in [3.63, 3.8) is 0 Å². The summed E-state index contributed by atoms with van der Waals surface area (Å²) in [4.78, 5) is 34.6. The van der Waals surface area contributed by atoms with Gasteiger partial charge in [0.2, 0.25) is 0 Å². The number of carbonyl (C=O) groups excluding carboxylic acids is 2. The minimum Gasteiger partial charge on any atom is -0.495 e. The van der Waals surface area contributed by atoms with Crippen LogP contribution in [0.4, 0.5) is 11.4 Å². The van der Waals surface area contributed by atoms with Gasteiger partial charge in [-0.1, -0.05) is 28.1 Å². The summed E-state index contributed by atoms with van der Waals surface area (Å²) < 4.78 is 11.1. The molecule has 0 saturated heterocycles. The number of benzene rings is 2. The minimum atomic E-state index is -1.09. The molecule has 142 valence electrons. The van der Waals surface area contributed by atoms with Crippen molar-refractivity contribution < 1.29 is 24.0 Å². The van der Waals surface area contributed by atoms with E-state index in [1.807, 2.05) is 0 Å². The molecule has 0 aliphatic heterocycles. The van der Waals surface area contributed by atoms with Crippen LogP contribution in [0.2, 0.25) is 0 Å². The van der Waals surface area contributed by atoms with Crippen molar-refractivity contribution in [2.45, 2.75) is 19.4 Å². The number of nitrogens with zero attached hydrogens (tertiary/aromatic N) is 1. The van der Waals surface area contributed by atoms with Crippen LogP contribution in [0.15, 0.2) is 46.9 Å². The molecule has 0 fully saturated rings. The molecule has 9 heteroatoms. The predicted molar refractivity (Wildman–Crippen MR) is 102 cm³/mol. The first-order valence-corrected chi connectivity index (χ1v) is 8.66. The maximum absolute atomic E-state index is 12.3. The fraction of sp³-hybridized carbons (Fsp3) is 0.222. The number of amides is 1. The second kappa shape index (κ2) is 9.13. The third-order valence-electron chi connectivity index (χ3n) is 3.59. The number of nitro benzene ring substituents is 1. The van der Waals surface area contributed by atoms with Crippen LogP contribution >= 0.6 is 15.9 Å². The quantitative estimate of drug-likeness (QED) is 0.404. The zero-order valence-electron chi connectivity index (χ0n) is 14.6. The standard InChI is InChI=1S/C18H17BrN2O6/c1-11(27-17(22)9-12-3-5-13(19)6-4-12)18(23)20-15-10-14(21(24)25)7-8-16(15)26-2/h3-8,10-11H,9H2,1-2H3,(H,20,23). The second-order valence-corrected chi connectivity index (χ2v) is 6.48. The number of ether oxygens (including phenoxy) is 2. The number of nitro groups is 1. The van der Waals surface area contributed by atoms with Gasteiger partial charge in [0.15, 0.2) is 6.10 Å². The van der Waals surface area contributed by atoms with Gasteiger partial charge >= 0.3 is 5.97 Å². The van der Waals surface area contributed by atoms with Gasteiger partial charge in [-0.05, 0) is 30.7 Å². The SMILES string of the molecule is COc1ccc([N+](=O)[O-])cc1NC(=O)C(C)OC(=O)Cc1ccc(Br)cc1. The van der Waals surface area contributed by atoms with Gasteiger partial charge in [0.1, 0.15) is 5.75 Å². The summed E-state index contributed by atoms with van der Waals surface area (Å²) >= 11 is 3.31. The van der Waals surface area contributed by atoms with Crippen molar-refractivity contribution in [2.75, 3.05) is 12.4 Å². The monoisotopic (exact) mass is 436 g/mol. The first kappa shape index (κ1) is 20.4. The zero-order chi connectivity index (χ0) is 20.0. The summed E-state index contributed by atoms with van der Waals surface area (Å²) in [6, 6.07) is 10.9. The Labute approximate surface area is 163 Å². The molecular weight excluding hydrogens is 420 g/mol. The molecule has 1 unspecified atom stereocenters. The highest BCUT2D eigenvalue weighted by atomic mass is 79.9. The number of carbonyl (C=O) groups is 2. The van der Waals surface area contributed by atoms with Crippen LogP contribution in [0.25, 0.3) is 0 Å². The van der Waals surface area contributed by atoms with Crippen molar-refractivity contribution in [3.8, 4) is 5.75 Å². The average Bonchev–Trinajstić information content (AvgIpc) is 2.63. The number of hydrogen-bond donors (Lipinski definition) is 1. The van der Waals surface area contributed by atoms with E-state index in [9.17, 15) is 19.7 Å². The third-order valence-corrected chi connectivity index (χ3v) is 4.12. The molecule has 0 heterocycles. The molecule has 1 N–H and O–H groups in total. The lowest BCUT2D eigenvalue weighted by molar-refractivity contribution is -0.384. The van der Waals surface area contributed by atoms with E-state index >= 15 is 0 Å². The molecule has 2 aromatic rings. The van der Waals surface area contributed by atoms with Gasteiger partial charge in [-0.25, -0.2) is 0 Å². The van der Waals surface area contributed by atoms with Crippen LogP contribution in [0.5, 0.6) is 5.75 Å². The molecule has 2 aromatic carbocycles. The van der Waals surface area contributed by atoms with E-state index in [-0.39, 0.29) is 23.5 Å². The van der Waals surface area contributed by atoms with Crippen LogP contribution in [-0.4, -0.2) is 30.0 Å². The fourth-order valence-electron chi connectivity index (χ4n) is 2.20. The zero-order valence-corrected chi connectivity index (χ0v) is 16.2. The number of anilines is 1. The molecule has 0 aliphatic carbocycles. The number of methoxy groups -OCH3 is 1. The lowest BCUT2D eigenvalue weighted by Crippen LogP contribution is -2.30. The van der Waals surface area contributed by atoms with Gasteiger partial charge in [0, 0.05) is 16.6 Å². The van der Waals surface area contributed by atoms with E-state index in [0.29, 0.717) is 0 Å². The first-order valence-electron chi connectivity index (χ1n) is 7.87. The highest BCUT2D eigenvalue weighted by Gasteiger charge is 2.21. The molecule has 2 rings (SSSR count). The van der Waals surface area contributed by atoms with Crippen LogP contribution in [0.1, 0.15) is 12.5 Å². The largest absolute Gasteiger partial charge is 0.495 e. The molecule has 1 amide bonds. The molecule has 0 radical (unpaired) electrons. The average molecular weight is 437 g/mol. The Balaban J connectivity index is 2.00. The van der Waals surface area contributed by atoms with Gasteiger partial charge in [0.25, 0.3) is 11.6 Å². The normalized spacial score (nSPS) is 11.4. The topological polar surface area (TPSA) is 108 Å². The Morgan fingerprint density at radius 3 is 2.48 bits per heavy atom. The van der Waals surface area contributed by atoms with Crippen molar-refractivity contribution >= 4 is 39.2 Å². The van der Waals surface area contributed by atoms with Crippen LogP contribution < -0.4 is 10.1 Å². The van der Waals surface area contributed by atoms with Crippen molar-refractivity contribution in [1.82, 2.24) is 0 Å². The van der Waals surface area contributed by atoms with E-state index in [2.05, 4.69) is 21.2 Å². The Hall–Kier alpha value is -2.94. The van der Waals surface area contributed by atoms with E-state index in [1.165, 1.54) is 32.2 Å². The molecule has 0 bridgehead atoms. The van der Waals surface area contributed by atoms with Gasteiger partial charge < -0.3 is 14.8 Å². The second-order valence-electron chi connectivity index (χ2n) is 5.57. The lowest BCUT2D eigenvalue weighted by atomic mass is 10.1. The smallest absolute Gasteiger partial charge is 0.311 e. The third kappa shape index (κ3) is 5.78. The molecule has 1 atom stereocenters. The first-order chi connectivity index (χ1) is 12.8.